The van der Waals surface area contributed by atoms with Crippen LogP contribution in [-0.4, -0.2) is 0 Å². The van der Waals surface area contributed by atoms with Crippen molar-refractivity contribution in [3.63, 3.8) is 0 Å². The van der Waals surface area contributed by atoms with Gasteiger partial charge < -0.3 is 0 Å². The van der Waals surface area contributed by atoms with E-state index >= 15 is 0 Å². The van der Waals surface area contributed by atoms with E-state index in [1.807, 2.05) is 34.0 Å². The Bertz CT molecular complexity index is 1300. The topological polar surface area (TPSA) is 0 Å². The summed E-state index contributed by atoms with van der Waals surface area (Å²) >= 11 is 5.81. The van der Waals surface area contributed by atoms with Gasteiger partial charge in [-0.25, -0.2) is 0 Å². The third-order valence-electron chi connectivity index (χ3n) is 5.77. The molecule has 3 aromatic heterocycles. The molecule has 158 valence electrons. The predicted molar refractivity (Wildman–Crippen MR) is 143 cm³/mol. The molecule has 0 saturated heterocycles. The van der Waals surface area contributed by atoms with Gasteiger partial charge in [0.05, 0.1) is 0 Å². The van der Waals surface area contributed by atoms with E-state index in [-0.39, 0.29) is 10.8 Å². The van der Waals surface area contributed by atoms with Crippen LogP contribution in [0.4, 0.5) is 0 Å². The van der Waals surface area contributed by atoms with Gasteiger partial charge in [-0.15, -0.1) is 34.0 Å². The Hall–Kier alpha value is -1.94. The Morgan fingerprint density at radius 2 is 1.16 bits per heavy atom. The standard InChI is InChI=1S/C28H28S3/c1-27(2,3)21-15-18-23(17-11-8-7-9-12-17)25-19(16-22(30-25)28(4,5)6)24(26(18)31-21)20-13-10-14-29-20/h7-16H,1-6H3. The minimum absolute atomic E-state index is 0.133. The summed E-state index contributed by atoms with van der Waals surface area (Å²) < 4.78 is 2.85. The fourth-order valence-electron chi connectivity index (χ4n) is 4.07. The number of hydrogen-bond donors (Lipinski definition) is 0. The van der Waals surface area contributed by atoms with Crippen molar-refractivity contribution in [1.29, 1.82) is 0 Å². The Labute approximate surface area is 197 Å². The van der Waals surface area contributed by atoms with Crippen LogP contribution >= 0.6 is 34.0 Å². The third kappa shape index (κ3) is 3.57. The van der Waals surface area contributed by atoms with E-state index in [0.29, 0.717) is 0 Å². The summed E-state index contributed by atoms with van der Waals surface area (Å²) in [7, 11) is 0. The second kappa shape index (κ2) is 7.30. The second-order valence-corrected chi connectivity index (χ2v) is 13.4. The minimum Gasteiger partial charge on any atom is -0.144 e. The van der Waals surface area contributed by atoms with Crippen LogP contribution in [0.1, 0.15) is 51.3 Å². The number of thiophene rings is 3. The molecule has 3 heteroatoms. The molecular formula is C28H28S3. The molecule has 5 aromatic rings. The molecule has 0 saturated carbocycles. The van der Waals surface area contributed by atoms with Crippen LogP contribution in [0.5, 0.6) is 0 Å². The van der Waals surface area contributed by atoms with E-state index in [2.05, 4.69) is 102 Å². The molecule has 0 aliphatic rings. The maximum absolute atomic E-state index is 2.47. The molecule has 0 unspecified atom stereocenters. The first-order valence-corrected chi connectivity index (χ1v) is 13.3. The Morgan fingerprint density at radius 3 is 1.68 bits per heavy atom. The summed E-state index contributed by atoms with van der Waals surface area (Å²) in [5, 5.41) is 5.01. The quantitative estimate of drug-likeness (QED) is 0.246. The smallest absolute Gasteiger partial charge is 0.0445 e. The molecule has 0 bridgehead atoms. The number of benzene rings is 2. The van der Waals surface area contributed by atoms with Gasteiger partial charge in [0.1, 0.15) is 0 Å². The van der Waals surface area contributed by atoms with Crippen LogP contribution in [0.25, 0.3) is 41.7 Å². The van der Waals surface area contributed by atoms with E-state index in [4.69, 9.17) is 0 Å². The maximum atomic E-state index is 2.47. The normalized spacial score (nSPS) is 12.8. The molecule has 0 amide bonds. The van der Waals surface area contributed by atoms with Gasteiger partial charge in [-0.1, -0.05) is 77.9 Å². The van der Waals surface area contributed by atoms with Crippen molar-refractivity contribution in [3.8, 4) is 21.6 Å². The first-order chi connectivity index (χ1) is 14.6. The zero-order valence-corrected chi connectivity index (χ0v) is 21.4. The average Bonchev–Trinajstić information content (AvgIpc) is 3.44. The molecule has 0 radical (unpaired) electrons. The molecule has 3 heterocycles. The first-order valence-electron chi connectivity index (χ1n) is 10.8. The Balaban J connectivity index is 2.01. The SMILES string of the molecule is CC(C)(C)c1cc2c(-c3cccs3)c3sc(C(C)(C)C)cc3c(-c3ccccc3)c2s1. The largest absolute Gasteiger partial charge is 0.144 e. The molecule has 0 fully saturated rings. The molecular weight excluding hydrogens is 433 g/mol. The molecule has 0 atom stereocenters. The fourth-order valence-corrected chi connectivity index (χ4v) is 7.52. The molecule has 0 nitrogen and oxygen atoms in total. The van der Waals surface area contributed by atoms with E-state index < -0.39 is 0 Å². The highest BCUT2D eigenvalue weighted by atomic mass is 32.1. The lowest BCUT2D eigenvalue weighted by atomic mass is 9.91. The Kier molecular flexibility index (Phi) is 4.93. The van der Waals surface area contributed by atoms with Gasteiger partial charge in [-0.2, -0.15) is 0 Å². The van der Waals surface area contributed by atoms with Gasteiger partial charge in [-0.05, 0) is 40.0 Å². The maximum Gasteiger partial charge on any atom is 0.0445 e. The third-order valence-corrected chi connectivity index (χ3v) is 9.81. The monoisotopic (exact) mass is 460 g/mol. The van der Waals surface area contributed by atoms with Gasteiger partial charge in [0.25, 0.3) is 0 Å². The summed E-state index contributed by atoms with van der Waals surface area (Å²) in [6.07, 6.45) is 0. The predicted octanol–water partition coefficient (Wildman–Crippen LogP) is 10.1. The number of fused-ring (bicyclic) bond motifs is 2. The summed E-state index contributed by atoms with van der Waals surface area (Å²) in [6.45, 7) is 13.9. The molecule has 0 aliphatic carbocycles. The van der Waals surface area contributed by atoms with Gasteiger partial charge in [-0.3, -0.25) is 0 Å². The highest BCUT2D eigenvalue weighted by Crippen LogP contribution is 2.52. The van der Waals surface area contributed by atoms with Gasteiger partial charge in [0.2, 0.25) is 0 Å². The van der Waals surface area contributed by atoms with Crippen LogP contribution in [0, 0.1) is 0 Å². The van der Waals surface area contributed by atoms with Crippen molar-refractivity contribution >= 4 is 54.2 Å². The lowest BCUT2D eigenvalue weighted by Gasteiger charge is -2.15. The van der Waals surface area contributed by atoms with Gasteiger partial charge in [0.15, 0.2) is 0 Å². The van der Waals surface area contributed by atoms with E-state index in [1.165, 1.54) is 51.5 Å². The zero-order valence-electron chi connectivity index (χ0n) is 19.0. The van der Waals surface area contributed by atoms with Crippen LogP contribution in [0.15, 0.2) is 60.0 Å². The van der Waals surface area contributed by atoms with E-state index in [0.717, 1.165) is 0 Å². The van der Waals surface area contributed by atoms with Gasteiger partial charge in [0, 0.05) is 45.9 Å². The van der Waals surface area contributed by atoms with Crippen LogP contribution in [0.3, 0.4) is 0 Å². The molecule has 31 heavy (non-hydrogen) atoms. The zero-order chi connectivity index (χ0) is 22.0. The lowest BCUT2D eigenvalue weighted by molar-refractivity contribution is 0.604. The van der Waals surface area contributed by atoms with Crippen molar-refractivity contribution in [2.45, 2.75) is 52.4 Å². The molecule has 2 aromatic carbocycles. The fraction of sp³-hybridized carbons (Fsp3) is 0.286. The summed E-state index contributed by atoms with van der Waals surface area (Å²) in [5.41, 5.74) is 4.41. The summed E-state index contributed by atoms with van der Waals surface area (Å²) in [5.74, 6) is 0. The Morgan fingerprint density at radius 1 is 0.613 bits per heavy atom. The van der Waals surface area contributed by atoms with Crippen molar-refractivity contribution in [3.05, 3.63) is 69.7 Å². The van der Waals surface area contributed by atoms with Crippen molar-refractivity contribution in [2.75, 3.05) is 0 Å². The first kappa shape index (κ1) is 20.9. The minimum atomic E-state index is 0.133. The average molecular weight is 461 g/mol. The van der Waals surface area contributed by atoms with E-state index in [9.17, 15) is 0 Å². The summed E-state index contributed by atoms with van der Waals surface area (Å²) in [4.78, 5) is 4.27. The highest BCUT2D eigenvalue weighted by Gasteiger charge is 2.26. The molecule has 0 N–H and O–H groups in total. The van der Waals surface area contributed by atoms with E-state index in [1.54, 1.807) is 0 Å². The van der Waals surface area contributed by atoms with Crippen LogP contribution in [0.2, 0.25) is 0 Å². The summed E-state index contributed by atoms with van der Waals surface area (Å²) in [6, 6.07) is 20.4. The number of hydrogen-bond acceptors (Lipinski definition) is 3. The van der Waals surface area contributed by atoms with Crippen LogP contribution < -0.4 is 0 Å². The van der Waals surface area contributed by atoms with Crippen molar-refractivity contribution in [1.82, 2.24) is 0 Å². The second-order valence-electron chi connectivity index (χ2n) is 10.3. The van der Waals surface area contributed by atoms with Gasteiger partial charge >= 0.3 is 0 Å². The molecule has 5 rings (SSSR count). The van der Waals surface area contributed by atoms with Crippen molar-refractivity contribution < 1.29 is 0 Å². The lowest BCUT2D eigenvalue weighted by Crippen LogP contribution is -2.07. The van der Waals surface area contributed by atoms with Crippen LogP contribution in [-0.2, 0) is 10.8 Å². The highest BCUT2D eigenvalue weighted by molar-refractivity contribution is 7.23. The van der Waals surface area contributed by atoms with Crippen molar-refractivity contribution in [2.24, 2.45) is 0 Å². The molecule has 0 aliphatic heterocycles. The number of rotatable bonds is 2. The molecule has 0 spiro atoms.